The third-order valence-electron chi connectivity index (χ3n) is 7.18. The number of aliphatic hydroxyl groups excluding tert-OH is 1. The summed E-state index contributed by atoms with van der Waals surface area (Å²) in [5.41, 5.74) is -2.80. The Bertz CT molecular complexity index is 1570. The fourth-order valence-corrected chi connectivity index (χ4v) is 6.31. The van der Waals surface area contributed by atoms with Gasteiger partial charge in [0, 0.05) is 18.7 Å². The van der Waals surface area contributed by atoms with E-state index in [2.05, 4.69) is 0 Å². The lowest BCUT2D eigenvalue weighted by molar-refractivity contribution is -0.138. The molecule has 40 heavy (non-hydrogen) atoms. The second-order valence-corrected chi connectivity index (χ2v) is 11.1. The van der Waals surface area contributed by atoms with Crippen LogP contribution in [0, 0.1) is 12.7 Å². The Hall–Kier alpha value is -3.55. The molecule has 2 N–H and O–H groups in total. The summed E-state index contributed by atoms with van der Waals surface area (Å²) < 4.78 is 27.6. The number of carboxylic acid groups (broad SMARTS) is 1. The Kier molecular flexibility index (Phi) is 8.47. The van der Waals surface area contributed by atoms with Crippen molar-refractivity contribution in [3.8, 4) is 5.75 Å². The lowest BCUT2D eigenvalue weighted by atomic mass is 10.0. The number of nitrogens with zero attached hydrogens (tertiary/aromatic N) is 3. The van der Waals surface area contributed by atoms with Crippen molar-refractivity contribution in [1.29, 1.82) is 0 Å². The summed E-state index contributed by atoms with van der Waals surface area (Å²) >= 11 is 0.759. The Morgan fingerprint density at radius 3 is 2.48 bits per heavy atom. The lowest BCUT2D eigenvalue weighted by Crippen LogP contribution is -2.56. The Balaban J connectivity index is 2.00. The van der Waals surface area contributed by atoms with Crippen LogP contribution in [0.1, 0.15) is 53.6 Å². The number of carboxylic acids is 1. The highest BCUT2D eigenvalue weighted by atomic mass is 32.1. The predicted molar refractivity (Wildman–Crippen MR) is 146 cm³/mol. The second kappa shape index (κ2) is 11.5. The molecule has 1 amide bonds. The molecule has 1 fully saturated rings. The topological polar surface area (TPSA) is 140 Å². The minimum atomic E-state index is -1.59. The van der Waals surface area contributed by atoms with Crippen LogP contribution in [0.25, 0.3) is 10.2 Å². The Morgan fingerprint density at radius 1 is 1.20 bits per heavy atom. The van der Waals surface area contributed by atoms with Gasteiger partial charge in [-0.3, -0.25) is 14.2 Å². The van der Waals surface area contributed by atoms with E-state index in [9.17, 15) is 33.8 Å². The number of hydrogen-bond acceptors (Lipinski definition) is 8. The lowest BCUT2D eigenvalue weighted by Gasteiger charge is -2.31. The van der Waals surface area contributed by atoms with Gasteiger partial charge in [-0.05, 0) is 57.4 Å². The third kappa shape index (κ3) is 5.16. The number of fused-ring (bicyclic) bond motifs is 1. The van der Waals surface area contributed by atoms with E-state index in [4.69, 9.17) is 9.47 Å². The molecule has 0 aliphatic carbocycles. The SMILES string of the molecule is COc1ccc(F)cc1[C@H](Cn1c(=O)n(C(C)(C)C(=O)N2CCCC2)c(=O)c2c(C)c(C(=O)O)sc21)OCCO. The van der Waals surface area contributed by atoms with E-state index >= 15 is 0 Å². The molecular weight excluding hydrogens is 545 g/mol. The van der Waals surface area contributed by atoms with Crippen molar-refractivity contribution < 1.29 is 33.7 Å². The van der Waals surface area contributed by atoms with Crippen molar-refractivity contribution >= 4 is 33.4 Å². The average Bonchev–Trinajstić information content (AvgIpc) is 3.56. The number of ether oxygens (including phenoxy) is 2. The van der Waals surface area contributed by atoms with Crippen molar-refractivity contribution in [2.24, 2.45) is 0 Å². The van der Waals surface area contributed by atoms with E-state index in [1.807, 2.05) is 0 Å². The number of thiophene rings is 1. The first kappa shape index (κ1) is 29.4. The molecule has 2 aromatic heterocycles. The van der Waals surface area contributed by atoms with Crippen molar-refractivity contribution in [1.82, 2.24) is 14.0 Å². The van der Waals surface area contributed by atoms with Gasteiger partial charge in [-0.1, -0.05) is 0 Å². The van der Waals surface area contributed by atoms with E-state index in [1.54, 1.807) is 4.90 Å². The van der Waals surface area contributed by atoms with Gasteiger partial charge in [0.2, 0.25) is 5.91 Å². The van der Waals surface area contributed by atoms with Gasteiger partial charge in [-0.25, -0.2) is 18.5 Å². The van der Waals surface area contributed by atoms with Gasteiger partial charge >= 0.3 is 11.7 Å². The van der Waals surface area contributed by atoms with Crippen LogP contribution < -0.4 is 16.0 Å². The number of aromatic carboxylic acids is 1. The minimum Gasteiger partial charge on any atom is -0.496 e. The summed E-state index contributed by atoms with van der Waals surface area (Å²) in [5, 5.41) is 19.2. The minimum absolute atomic E-state index is 0.00332. The molecule has 0 bridgehead atoms. The van der Waals surface area contributed by atoms with Gasteiger partial charge < -0.3 is 24.6 Å². The zero-order valence-corrected chi connectivity index (χ0v) is 23.5. The van der Waals surface area contributed by atoms with Gasteiger partial charge in [-0.15, -0.1) is 11.3 Å². The normalized spacial score (nSPS) is 14.6. The van der Waals surface area contributed by atoms with E-state index in [0.717, 1.165) is 28.7 Å². The van der Waals surface area contributed by atoms with E-state index in [0.29, 0.717) is 13.1 Å². The quantitative estimate of drug-likeness (QED) is 0.375. The number of hydrogen-bond donors (Lipinski definition) is 2. The number of rotatable bonds is 10. The summed E-state index contributed by atoms with van der Waals surface area (Å²) in [4.78, 5) is 55.1. The number of aryl methyl sites for hydroxylation is 1. The molecule has 0 unspecified atom stereocenters. The molecule has 13 heteroatoms. The highest BCUT2D eigenvalue weighted by Gasteiger charge is 2.39. The molecule has 1 aromatic carbocycles. The van der Waals surface area contributed by atoms with E-state index in [1.165, 1.54) is 50.6 Å². The summed E-state index contributed by atoms with van der Waals surface area (Å²) in [5.74, 6) is -1.99. The first-order valence-corrected chi connectivity index (χ1v) is 13.6. The molecular formula is C27H32FN3O8S. The molecule has 0 spiro atoms. The molecule has 1 aliphatic rings. The van der Waals surface area contributed by atoms with Gasteiger partial charge in [0.05, 0.1) is 32.3 Å². The van der Waals surface area contributed by atoms with Crippen LogP contribution in [-0.2, 0) is 21.6 Å². The summed E-state index contributed by atoms with van der Waals surface area (Å²) in [7, 11) is 1.39. The highest BCUT2D eigenvalue weighted by Crippen LogP contribution is 2.33. The molecule has 216 valence electrons. The Labute approximate surface area is 233 Å². The van der Waals surface area contributed by atoms with Crippen LogP contribution >= 0.6 is 11.3 Å². The smallest absolute Gasteiger partial charge is 0.346 e. The summed E-state index contributed by atoms with van der Waals surface area (Å²) in [6, 6.07) is 3.78. The van der Waals surface area contributed by atoms with Gasteiger partial charge in [0.25, 0.3) is 5.56 Å². The van der Waals surface area contributed by atoms with Crippen molar-refractivity contribution in [2.75, 3.05) is 33.4 Å². The number of aliphatic hydroxyl groups is 1. The zero-order valence-electron chi connectivity index (χ0n) is 22.7. The first-order valence-electron chi connectivity index (χ1n) is 12.8. The maximum atomic E-state index is 14.3. The van der Waals surface area contributed by atoms with Crippen LogP contribution in [-0.4, -0.2) is 69.5 Å². The monoisotopic (exact) mass is 577 g/mol. The van der Waals surface area contributed by atoms with Gasteiger partial charge in [-0.2, -0.15) is 0 Å². The molecule has 3 aromatic rings. The fraction of sp³-hybridized carbons (Fsp3) is 0.481. The highest BCUT2D eigenvalue weighted by molar-refractivity contribution is 7.20. The average molecular weight is 578 g/mol. The van der Waals surface area contributed by atoms with Crippen LogP contribution in [0.4, 0.5) is 4.39 Å². The van der Waals surface area contributed by atoms with Crippen molar-refractivity contribution in [2.45, 2.75) is 51.8 Å². The van der Waals surface area contributed by atoms with Crippen LogP contribution in [0.3, 0.4) is 0 Å². The van der Waals surface area contributed by atoms with E-state index < -0.39 is 40.6 Å². The largest absolute Gasteiger partial charge is 0.496 e. The second-order valence-electron chi connectivity index (χ2n) is 10.1. The number of benzene rings is 1. The molecule has 0 saturated carbocycles. The van der Waals surface area contributed by atoms with E-state index in [-0.39, 0.29) is 51.7 Å². The predicted octanol–water partition coefficient (Wildman–Crippen LogP) is 2.49. The number of aromatic nitrogens is 2. The summed E-state index contributed by atoms with van der Waals surface area (Å²) in [6.45, 7) is 4.65. The molecule has 3 heterocycles. The molecule has 1 atom stereocenters. The molecule has 0 radical (unpaired) electrons. The fourth-order valence-electron chi connectivity index (χ4n) is 5.17. The van der Waals surface area contributed by atoms with Crippen LogP contribution in [0.15, 0.2) is 27.8 Å². The van der Waals surface area contributed by atoms with Crippen molar-refractivity contribution in [3.63, 3.8) is 0 Å². The number of carbonyl (C=O) groups is 2. The zero-order chi connectivity index (χ0) is 29.4. The number of amides is 1. The molecule has 1 saturated heterocycles. The third-order valence-corrected chi connectivity index (χ3v) is 8.48. The van der Waals surface area contributed by atoms with Gasteiger partial charge in [0.1, 0.15) is 32.9 Å². The maximum absolute atomic E-state index is 14.3. The number of halogens is 1. The molecule has 4 rings (SSSR count). The number of likely N-dealkylation sites (tertiary alicyclic amines) is 1. The molecule has 11 nitrogen and oxygen atoms in total. The standard InChI is InChI=1S/C27H32FN3O8S/c1-15-20-22(33)31(27(2,3)25(36)29-9-5-6-10-29)26(37)30(23(20)40-21(15)24(34)35)14-19(39-12-11-32)17-13-16(28)7-8-18(17)38-4/h7-8,13,19,32H,5-6,9-12,14H2,1-4H3,(H,34,35)/t19-/m0/s1. The number of carbonyl (C=O) groups excluding carboxylic acids is 1. The first-order chi connectivity index (χ1) is 18.9. The van der Waals surface area contributed by atoms with Crippen molar-refractivity contribution in [3.05, 3.63) is 60.9 Å². The Morgan fingerprint density at radius 2 is 1.88 bits per heavy atom. The maximum Gasteiger partial charge on any atom is 0.346 e. The summed E-state index contributed by atoms with van der Waals surface area (Å²) in [6.07, 6.45) is 0.577. The molecule has 1 aliphatic heterocycles. The van der Waals surface area contributed by atoms with Gasteiger partial charge in [0.15, 0.2) is 0 Å². The number of methoxy groups -OCH3 is 1. The van der Waals surface area contributed by atoms with Crippen LogP contribution in [0.5, 0.6) is 5.75 Å². The van der Waals surface area contributed by atoms with Crippen LogP contribution in [0.2, 0.25) is 0 Å².